The fraction of sp³-hybridized carbons (Fsp3) is 0.750. The van der Waals surface area contributed by atoms with Crippen LogP contribution in [0.3, 0.4) is 0 Å². The molecule has 9 heteroatoms. The molecule has 0 radical (unpaired) electrons. The maximum atomic E-state index is 11.5. The van der Waals surface area contributed by atoms with Crippen molar-refractivity contribution in [1.82, 2.24) is 0 Å². The second-order valence-electron chi connectivity index (χ2n) is 5.58. The topological polar surface area (TPSA) is 105 Å². The zero-order valence-corrected chi connectivity index (χ0v) is 13.8. The van der Waals surface area contributed by atoms with Gasteiger partial charge in [-0.25, -0.2) is 4.79 Å². The van der Waals surface area contributed by atoms with E-state index in [0.717, 1.165) is 0 Å². The molecule has 1 unspecified atom stereocenters. The van der Waals surface area contributed by atoms with Crippen LogP contribution in [0.15, 0.2) is 12.2 Å². The first kappa shape index (κ1) is 20.2. The van der Waals surface area contributed by atoms with Gasteiger partial charge in [0.25, 0.3) is 7.82 Å². The number of aliphatic hydroxyl groups is 1. The summed E-state index contributed by atoms with van der Waals surface area (Å²) in [5, 5.41) is 9.01. The summed E-state index contributed by atoms with van der Waals surface area (Å²) in [5.74, 6) is -0.732. The Kier molecular flexibility index (Phi) is 8.31. The molecular weight excluding hydrogens is 301 g/mol. The van der Waals surface area contributed by atoms with Gasteiger partial charge in [0.1, 0.15) is 19.3 Å². The predicted octanol–water partition coefficient (Wildman–Crippen LogP) is -0.326. The lowest BCUT2D eigenvalue weighted by atomic mass is 10.3. The molecule has 0 spiro atoms. The van der Waals surface area contributed by atoms with Crippen LogP contribution >= 0.6 is 7.82 Å². The van der Waals surface area contributed by atoms with Gasteiger partial charge in [0.15, 0.2) is 0 Å². The first-order valence-corrected chi connectivity index (χ1v) is 7.81. The molecule has 0 fully saturated rings. The summed E-state index contributed by atoms with van der Waals surface area (Å²) < 4.78 is 26.1. The Morgan fingerprint density at radius 1 is 1.38 bits per heavy atom. The standard InChI is InChI=1S/C12H24NO7P/c1-10(2)12(15)20-11(8-14)9-19-21(16,17)18-7-6-13(3,4)5/h11,14H,1,6-9H2,2-5H3/t11-/m1/s1. The number of phosphoric ester groups is 1. The number of carbonyl (C=O) groups is 1. The minimum Gasteiger partial charge on any atom is -0.756 e. The van der Waals surface area contributed by atoms with Crippen molar-refractivity contribution >= 4 is 13.8 Å². The third-order valence-electron chi connectivity index (χ3n) is 2.26. The Balaban J connectivity index is 4.23. The van der Waals surface area contributed by atoms with Crippen molar-refractivity contribution in [3.63, 3.8) is 0 Å². The summed E-state index contributed by atoms with van der Waals surface area (Å²) in [6, 6.07) is 0. The van der Waals surface area contributed by atoms with Crippen molar-refractivity contribution in [3.05, 3.63) is 12.2 Å². The van der Waals surface area contributed by atoms with Gasteiger partial charge in [-0.2, -0.15) is 0 Å². The van der Waals surface area contributed by atoms with Crippen molar-refractivity contribution in [3.8, 4) is 0 Å². The summed E-state index contributed by atoms with van der Waals surface area (Å²) in [7, 11) is 1.17. The van der Waals surface area contributed by atoms with E-state index >= 15 is 0 Å². The predicted molar refractivity (Wildman–Crippen MR) is 74.2 cm³/mol. The van der Waals surface area contributed by atoms with Gasteiger partial charge in [-0.15, -0.1) is 0 Å². The highest BCUT2D eigenvalue weighted by Gasteiger charge is 2.19. The first-order valence-electron chi connectivity index (χ1n) is 6.35. The maximum Gasteiger partial charge on any atom is 0.333 e. The molecule has 2 atom stereocenters. The largest absolute Gasteiger partial charge is 0.756 e. The molecular formula is C12H24NO7P. The highest BCUT2D eigenvalue weighted by Crippen LogP contribution is 2.38. The van der Waals surface area contributed by atoms with Gasteiger partial charge in [-0.05, 0) is 6.92 Å². The monoisotopic (exact) mass is 325 g/mol. The number of hydrogen-bond acceptors (Lipinski definition) is 7. The molecule has 0 saturated heterocycles. The van der Waals surface area contributed by atoms with Gasteiger partial charge in [-0.3, -0.25) is 4.57 Å². The van der Waals surface area contributed by atoms with E-state index in [0.29, 0.717) is 11.0 Å². The second-order valence-corrected chi connectivity index (χ2v) is 6.99. The lowest BCUT2D eigenvalue weighted by Crippen LogP contribution is -2.37. The fourth-order valence-electron chi connectivity index (χ4n) is 1.01. The molecule has 0 aliphatic heterocycles. The van der Waals surface area contributed by atoms with Gasteiger partial charge in [-0.1, -0.05) is 6.58 Å². The second kappa shape index (κ2) is 8.63. The first-order chi connectivity index (χ1) is 9.47. The van der Waals surface area contributed by atoms with Gasteiger partial charge < -0.3 is 28.3 Å². The lowest BCUT2D eigenvalue weighted by molar-refractivity contribution is -0.870. The number of aliphatic hydroxyl groups excluding tert-OH is 1. The SMILES string of the molecule is C=C(C)C(=O)O[C@H](CO)COP(=O)([O-])OCC[N+](C)(C)C. The molecule has 0 aliphatic rings. The van der Waals surface area contributed by atoms with Crippen LogP contribution < -0.4 is 4.89 Å². The van der Waals surface area contributed by atoms with Crippen molar-refractivity contribution in [2.45, 2.75) is 13.0 Å². The molecule has 0 saturated carbocycles. The average molecular weight is 325 g/mol. The number of nitrogens with zero attached hydrogens (tertiary/aromatic N) is 1. The van der Waals surface area contributed by atoms with E-state index in [1.54, 1.807) is 0 Å². The Hall–Kier alpha value is -0.760. The molecule has 0 aromatic rings. The Bertz CT molecular complexity index is 405. The van der Waals surface area contributed by atoms with Crippen LogP contribution in [0, 0.1) is 0 Å². The van der Waals surface area contributed by atoms with Crippen molar-refractivity contribution in [2.24, 2.45) is 0 Å². The number of phosphoric acid groups is 1. The third kappa shape index (κ3) is 10.6. The van der Waals surface area contributed by atoms with Crippen LogP contribution in [-0.2, 0) is 23.1 Å². The molecule has 1 N–H and O–H groups in total. The number of hydrogen-bond donors (Lipinski definition) is 1. The number of quaternary nitrogens is 1. The average Bonchev–Trinajstić information content (AvgIpc) is 2.31. The van der Waals surface area contributed by atoms with E-state index in [4.69, 9.17) is 9.84 Å². The van der Waals surface area contributed by atoms with E-state index in [1.807, 2.05) is 21.1 Å². The van der Waals surface area contributed by atoms with E-state index in [-0.39, 0.29) is 12.2 Å². The van der Waals surface area contributed by atoms with E-state index < -0.39 is 33.1 Å². The molecule has 0 bridgehead atoms. The summed E-state index contributed by atoms with van der Waals surface area (Å²) in [4.78, 5) is 22.7. The van der Waals surface area contributed by atoms with Crippen LogP contribution in [0.25, 0.3) is 0 Å². The lowest BCUT2D eigenvalue weighted by Gasteiger charge is -2.28. The zero-order chi connectivity index (χ0) is 16.7. The van der Waals surface area contributed by atoms with Gasteiger partial charge in [0.2, 0.25) is 0 Å². The maximum absolute atomic E-state index is 11.5. The van der Waals surface area contributed by atoms with Crippen molar-refractivity contribution in [2.75, 3.05) is 47.5 Å². The minimum atomic E-state index is -4.50. The number of ether oxygens (including phenoxy) is 1. The van der Waals surface area contributed by atoms with Crippen LogP contribution in [0.4, 0.5) is 0 Å². The van der Waals surface area contributed by atoms with Crippen LogP contribution in [0.1, 0.15) is 6.92 Å². The van der Waals surface area contributed by atoms with Gasteiger partial charge in [0.05, 0.1) is 34.4 Å². The number of carbonyl (C=O) groups excluding carboxylic acids is 1. The molecule has 0 aliphatic carbocycles. The van der Waals surface area contributed by atoms with E-state index in [1.165, 1.54) is 6.92 Å². The zero-order valence-electron chi connectivity index (χ0n) is 12.9. The summed E-state index contributed by atoms with van der Waals surface area (Å²) >= 11 is 0. The highest BCUT2D eigenvalue weighted by molar-refractivity contribution is 7.45. The molecule has 0 aromatic heterocycles. The van der Waals surface area contributed by atoms with E-state index in [2.05, 4.69) is 15.6 Å². The minimum absolute atomic E-state index is 0.0282. The molecule has 0 amide bonds. The number of likely N-dealkylation sites (N-methyl/N-ethyl adjacent to an activating group) is 1. The van der Waals surface area contributed by atoms with Crippen LogP contribution in [0.5, 0.6) is 0 Å². The molecule has 0 aromatic carbocycles. The quantitative estimate of drug-likeness (QED) is 0.254. The highest BCUT2D eigenvalue weighted by atomic mass is 31.2. The van der Waals surface area contributed by atoms with Gasteiger partial charge in [0, 0.05) is 5.57 Å². The van der Waals surface area contributed by atoms with Gasteiger partial charge >= 0.3 is 5.97 Å². The van der Waals surface area contributed by atoms with Crippen LogP contribution in [-0.4, -0.2) is 69.2 Å². The Morgan fingerprint density at radius 2 is 1.95 bits per heavy atom. The smallest absolute Gasteiger partial charge is 0.333 e. The molecule has 0 rings (SSSR count). The Labute approximate surface area is 125 Å². The Morgan fingerprint density at radius 3 is 2.38 bits per heavy atom. The third-order valence-corrected chi connectivity index (χ3v) is 3.22. The molecule has 124 valence electrons. The van der Waals surface area contributed by atoms with Crippen LogP contribution in [0.2, 0.25) is 0 Å². The molecule has 0 heterocycles. The number of rotatable bonds is 10. The molecule has 8 nitrogen and oxygen atoms in total. The normalized spacial score (nSPS) is 16.1. The summed E-state index contributed by atoms with van der Waals surface area (Å²) in [6.07, 6.45) is -1.10. The summed E-state index contributed by atoms with van der Waals surface area (Å²) in [6.45, 7) is 4.17. The fourth-order valence-corrected chi connectivity index (χ4v) is 1.74. The molecule has 21 heavy (non-hydrogen) atoms. The van der Waals surface area contributed by atoms with Crippen molar-refractivity contribution < 1.29 is 37.6 Å². The van der Waals surface area contributed by atoms with E-state index in [9.17, 15) is 14.3 Å². The summed E-state index contributed by atoms with van der Waals surface area (Å²) in [5.41, 5.74) is 0.137. The number of esters is 1. The van der Waals surface area contributed by atoms with Crippen molar-refractivity contribution in [1.29, 1.82) is 0 Å².